The van der Waals surface area contributed by atoms with Gasteiger partial charge in [-0.3, -0.25) is 9.59 Å². The Kier molecular flexibility index (Phi) is 5.71. The van der Waals surface area contributed by atoms with Crippen LogP contribution in [-0.2, 0) is 14.4 Å². The summed E-state index contributed by atoms with van der Waals surface area (Å²) in [5.74, 6) is -0.0948. The fourth-order valence-electron chi connectivity index (χ4n) is 3.69. The van der Waals surface area contributed by atoms with Gasteiger partial charge in [0.05, 0.1) is 11.6 Å². The van der Waals surface area contributed by atoms with Crippen molar-refractivity contribution < 1.29 is 24.2 Å². The van der Waals surface area contributed by atoms with Crippen LogP contribution in [0.15, 0.2) is 41.3 Å². The number of hydrogen-bond acceptors (Lipinski definition) is 8. The summed E-state index contributed by atoms with van der Waals surface area (Å²) in [6.07, 6.45) is -0.365. The van der Waals surface area contributed by atoms with Gasteiger partial charge in [0.15, 0.2) is 6.10 Å². The maximum atomic E-state index is 13.0. The van der Waals surface area contributed by atoms with E-state index in [1.807, 2.05) is 0 Å². The van der Waals surface area contributed by atoms with E-state index in [0.29, 0.717) is 22.4 Å². The molecule has 1 aliphatic heterocycles. The van der Waals surface area contributed by atoms with E-state index in [9.17, 15) is 25.0 Å². The summed E-state index contributed by atoms with van der Waals surface area (Å²) in [5, 5.41) is 19.0. The Hall–Kier alpha value is -3.87. The number of carbonyl (C=O) groups is 1. The Labute approximate surface area is 177 Å². The number of pyridine rings is 1. The van der Waals surface area contributed by atoms with E-state index < -0.39 is 40.5 Å². The number of nitrogens with zero attached hydrogens (tertiary/aromatic N) is 3. The Balaban J connectivity index is 2.18. The fraction of sp³-hybridized carbons (Fsp3) is 0.381. The first-order valence-corrected chi connectivity index (χ1v) is 9.47. The zero-order valence-corrected chi connectivity index (χ0v) is 17.4. The van der Waals surface area contributed by atoms with Crippen LogP contribution >= 0.6 is 0 Å². The van der Waals surface area contributed by atoms with Crippen molar-refractivity contribution in [1.29, 1.82) is 5.26 Å². The number of aromatic nitrogens is 1. The summed E-state index contributed by atoms with van der Waals surface area (Å²) in [7, 11) is 0. The van der Waals surface area contributed by atoms with Gasteiger partial charge in [0.1, 0.15) is 23.5 Å². The second-order valence-electron chi connectivity index (χ2n) is 7.72. The zero-order valence-electron chi connectivity index (χ0n) is 17.4. The lowest BCUT2D eigenvalue weighted by Gasteiger charge is -2.44. The van der Waals surface area contributed by atoms with Gasteiger partial charge < -0.3 is 18.9 Å². The molecule has 3 atom stereocenters. The number of hydrogen-bond donors (Lipinski definition) is 0. The highest BCUT2D eigenvalue weighted by atomic mass is 17.0. The van der Waals surface area contributed by atoms with E-state index in [1.54, 1.807) is 32.0 Å². The molecule has 10 nitrogen and oxygen atoms in total. The first kappa shape index (κ1) is 21.8. The second kappa shape index (κ2) is 8.10. The molecule has 2 heterocycles. The van der Waals surface area contributed by atoms with Gasteiger partial charge >= 0.3 is 5.97 Å². The maximum absolute atomic E-state index is 13.0. The Morgan fingerprint density at radius 3 is 2.65 bits per heavy atom. The van der Waals surface area contributed by atoms with Gasteiger partial charge in [0.25, 0.3) is 10.6 Å². The molecule has 0 saturated heterocycles. The number of esters is 1. The number of carbonyl (C=O) groups excluding carboxylic acids is 1. The maximum Gasteiger partial charge on any atom is 0.303 e. The average Bonchev–Trinajstić information content (AvgIpc) is 2.67. The molecule has 1 aromatic heterocycles. The van der Waals surface area contributed by atoms with Crippen molar-refractivity contribution in [3.63, 3.8) is 0 Å². The van der Waals surface area contributed by atoms with Crippen LogP contribution in [-0.4, -0.2) is 27.3 Å². The molecular formula is C21H21N3O7. The molecule has 0 bridgehead atoms. The molecule has 0 saturated carbocycles. The van der Waals surface area contributed by atoms with E-state index >= 15 is 0 Å². The van der Waals surface area contributed by atoms with Crippen LogP contribution in [0.2, 0.25) is 0 Å². The summed E-state index contributed by atoms with van der Waals surface area (Å²) in [4.78, 5) is 40.0. The van der Waals surface area contributed by atoms with Gasteiger partial charge in [0.2, 0.25) is 0 Å². The van der Waals surface area contributed by atoms with Gasteiger partial charge in [-0.05, 0) is 50.6 Å². The lowest BCUT2D eigenvalue weighted by Crippen LogP contribution is -2.54. The van der Waals surface area contributed by atoms with Crippen LogP contribution < -0.4 is 10.3 Å². The zero-order chi connectivity index (χ0) is 22.9. The molecule has 1 aliphatic rings. The van der Waals surface area contributed by atoms with Crippen molar-refractivity contribution in [1.82, 2.24) is 4.57 Å². The number of benzene rings is 1. The molecule has 0 N–H and O–H groups in total. The number of fused-ring (bicyclic) bond motifs is 1. The van der Waals surface area contributed by atoms with E-state index in [2.05, 4.69) is 10.9 Å². The third-order valence-electron chi connectivity index (χ3n) is 5.08. The van der Waals surface area contributed by atoms with E-state index in [4.69, 9.17) is 9.47 Å². The van der Waals surface area contributed by atoms with Gasteiger partial charge in [-0.15, -0.1) is 10.1 Å². The monoisotopic (exact) mass is 427 g/mol. The minimum Gasteiger partial charge on any atom is -0.484 e. The summed E-state index contributed by atoms with van der Waals surface area (Å²) in [6.45, 7) is 6.19. The van der Waals surface area contributed by atoms with Crippen molar-refractivity contribution >= 4 is 5.97 Å². The molecule has 0 aliphatic carbocycles. The summed E-state index contributed by atoms with van der Waals surface area (Å²) < 4.78 is 13.0. The van der Waals surface area contributed by atoms with E-state index in [-0.39, 0.29) is 0 Å². The molecule has 162 valence electrons. The van der Waals surface area contributed by atoms with Crippen molar-refractivity contribution in [2.75, 3.05) is 0 Å². The minimum atomic E-state index is -0.988. The molecule has 31 heavy (non-hydrogen) atoms. The predicted octanol–water partition coefficient (Wildman–Crippen LogP) is 2.68. The molecule has 0 radical (unpaired) electrons. The molecular weight excluding hydrogens is 406 g/mol. The lowest BCUT2D eigenvalue weighted by atomic mass is 9.85. The molecule has 2 aromatic rings. The first-order chi connectivity index (χ1) is 14.5. The Morgan fingerprint density at radius 1 is 1.35 bits per heavy atom. The molecule has 3 rings (SSSR count). The normalized spacial score (nSPS) is 19.8. The molecule has 10 heteroatoms. The molecule has 0 fully saturated rings. The smallest absolute Gasteiger partial charge is 0.303 e. The summed E-state index contributed by atoms with van der Waals surface area (Å²) in [6, 6.07) is 8.84. The van der Waals surface area contributed by atoms with E-state index in [1.165, 1.54) is 36.7 Å². The van der Waals surface area contributed by atoms with E-state index in [0.717, 1.165) is 0 Å². The first-order valence-electron chi connectivity index (χ1n) is 9.47. The molecule has 0 spiro atoms. The third kappa shape index (κ3) is 4.35. The summed E-state index contributed by atoms with van der Waals surface area (Å²) >= 11 is 0. The molecule has 0 amide bonds. The standard InChI is InChI=1S/C21H21N3O7/c1-12(31-24(27)28)15-7-8-23(18(26)10-15)19-16-9-14(11-22)5-6-17(16)30-21(3,4)20(19)29-13(2)25/h5-10,12,19-20H,1-4H3. The highest BCUT2D eigenvalue weighted by Crippen LogP contribution is 2.43. The fourth-order valence-corrected chi connectivity index (χ4v) is 3.69. The second-order valence-corrected chi connectivity index (χ2v) is 7.72. The highest BCUT2D eigenvalue weighted by molar-refractivity contribution is 5.66. The average molecular weight is 427 g/mol. The number of nitriles is 1. The Bertz CT molecular complexity index is 1130. The van der Waals surface area contributed by atoms with Crippen LogP contribution in [0.5, 0.6) is 5.75 Å². The number of rotatable bonds is 5. The van der Waals surface area contributed by atoms with Gasteiger partial charge in [-0.25, -0.2) is 0 Å². The van der Waals surface area contributed by atoms with Gasteiger partial charge in [-0.1, -0.05) is 0 Å². The molecule has 1 aromatic carbocycles. The van der Waals surface area contributed by atoms with Gasteiger partial charge in [-0.2, -0.15) is 5.26 Å². The third-order valence-corrected chi connectivity index (χ3v) is 5.08. The summed E-state index contributed by atoms with van der Waals surface area (Å²) in [5.41, 5.74) is -0.290. The minimum absolute atomic E-state index is 0.319. The quantitative estimate of drug-likeness (QED) is 0.404. The Morgan fingerprint density at radius 2 is 2.06 bits per heavy atom. The number of ether oxygens (including phenoxy) is 2. The lowest BCUT2D eigenvalue weighted by molar-refractivity contribution is -0.770. The van der Waals surface area contributed by atoms with Crippen LogP contribution in [0, 0.1) is 21.4 Å². The predicted molar refractivity (Wildman–Crippen MR) is 107 cm³/mol. The van der Waals surface area contributed by atoms with Crippen LogP contribution in [0.1, 0.15) is 56.5 Å². The van der Waals surface area contributed by atoms with Crippen molar-refractivity contribution in [3.05, 3.63) is 73.7 Å². The van der Waals surface area contributed by atoms with Crippen LogP contribution in [0.25, 0.3) is 0 Å². The largest absolute Gasteiger partial charge is 0.484 e. The highest BCUT2D eigenvalue weighted by Gasteiger charge is 2.47. The topological polar surface area (TPSA) is 134 Å². The van der Waals surface area contributed by atoms with Crippen LogP contribution in [0.4, 0.5) is 0 Å². The molecule has 3 unspecified atom stereocenters. The van der Waals surface area contributed by atoms with Crippen LogP contribution in [0.3, 0.4) is 0 Å². The van der Waals surface area contributed by atoms with Gasteiger partial charge in [0, 0.05) is 24.8 Å². The van der Waals surface area contributed by atoms with Crippen molar-refractivity contribution in [3.8, 4) is 11.8 Å². The van der Waals surface area contributed by atoms with Crippen molar-refractivity contribution in [2.24, 2.45) is 0 Å². The SMILES string of the molecule is CC(=O)OC1C(n2ccc(C(C)O[N+](=O)[O-])cc2=O)c2cc(C#N)ccc2OC1(C)C. The van der Waals surface area contributed by atoms with Crippen molar-refractivity contribution in [2.45, 2.75) is 51.5 Å².